The summed E-state index contributed by atoms with van der Waals surface area (Å²) in [5.41, 5.74) is 4.43. The molecule has 1 rings (SSSR count). The number of aryl methyl sites for hydroxylation is 2. The number of aliphatic hydroxyl groups excluding tert-OH is 1. The molecule has 0 atom stereocenters. The van der Waals surface area contributed by atoms with E-state index in [9.17, 15) is 8.42 Å². The Hall–Kier alpha value is -1.15. The van der Waals surface area contributed by atoms with E-state index in [1.54, 1.807) is 32.9 Å². The van der Waals surface area contributed by atoms with Gasteiger partial charge in [0.1, 0.15) is 0 Å². The number of rotatable bonds is 6. The molecule has 0 aliphatic carbocycles. The molecule has 0 bridgehead atoms. The molecule has 1 aromatic carbocycles. The van der Waals surface area contributed by atoms with Crippen molar-refractivity contribution in [1.29, 1.82) is 0 Å². The Labute approximate surface area is 114 Å². The van der Waals surface area contributed by atoms with Gasteiger partial charge >= 0.3 is 0 Å². The number of nitrogens with one attached hydrogen (secondary N) is 1. The fraction of sp³-hybridized carbons (Fsp3) is 0.500. The van der Waals surface area contributed by atoms with E-state index < -0.39 is 10.0 Å². The largest absolute Gasteiger partial charge is 0.395 e. The fourth-order valence-electron chi connectivity index (χ4n) is 2.13. The zero-order valence-corrected chi connectivity index (χ0v) is 12.3. The number of benzene rings is 1. The third kappa shape index (κ3) is 3.24. The Balaban J connectivity index is 3.36. The summed E-state index contributed by atoms with van der Waals surface area (Å²) in [6.07, 6.45) is 0. The second-order valence-electron chi connectivity index (χ2n) is 4.30. The topological polar surface area (TPSA) is 95.7 Å². The maximum Gasteiger partial charge on any atom is 0.243 e. The smallest absolute Gasteiger partial charge is 0.243 e. The first-order valence-electron chi connectivity index (χ1n) is 6.07. The van der Waals surface area contributed by atoms with E-state index in [0.29, 0.717) is 23.4 Å². The van der Waals surface area contributed by atoms with Crippen LogP contribution in [-0.4, -0.2) is 37.5 Å². The van der Waals surface area contributed by atoms with Crippen molar-refractivity contribution in [3.63, 3.8) is 0 Å². The maximum atomic E-state index is 12.6. The molecule has 0 amide bonds. The van der Waals surface area contributed by atoms with Crippen LogP contribution in [0, 0.1) is 13.8 Å². The summed E-state index contributed by atoms with van der Waals surface area (Å²) in [5, 5.41) is 8.97. The number of sulfonamides is 1. The van der Waals surface area contributed by atoms with Crippen molar-refractivity contribution in [3.05, 3.63) is 23.3 Å². The van der Waals surface area contributed by atoms with Crippen LogP contribution in [0.1, 0.15) is 18.1 Å². The van der Waals surface area contributed by atoms with E-state index in [-0.39, 0.29) is 18.0 Å². The monoisotopic (exact) mass is 287 g/mol. The van der Waals surface area contributed by atoms with Crippen LogP contribution in [0.5, 0.6) is 0 Å². The lowest BCUT2D eigenvalue weighted by Gasteiger charge is -2.22. The summed E-state index contributed by atoms with van der Waals surface area (Å²) >= 11 is 0. The highest BCUT2D eigenvalue weighted by molar-refractivity contribution is 7.89. The predicted molar refractivity (Wildman–Crippen MR) is 75.2 cm³/mol. The summed E-state index contributed by atoms with van der Waals surface area (Å²) < 4.78 is 26.4. The molecule has 0 radical (unpaired) electrons. The molecule has 0 fully saturated rings. The number of aliphatic hydroxyl groups is 1. The van der Waals surface area contributed by atoms with Crippen molar-refractivity contribution in [1.82, 2.24) is 4.31 Å². The summed E-state index contributed by atoms with van der Waals surface area (Å²) in [6, 6.07) is 3.37. The first-order valence-corrected chi connectivity index (χ1v) is 7.51. The van der Waals surface area contributed by atoms with E-state index in [1.807, 2.05) is 0 Å². The summed E-state index contributed by atoms with van der Waals surface area (Å²) in [4.78, 5) is 0.279. The number of nitrogens with two attached hydrogens (primary N) is 1. The lowest BCUT2D eigenvalue weighted by Crippen LogP contribution is -2.34. The van der Waals surface area contributed by atoms with Gasteiger partial charge in [0, 0.05) is 18.8 Å². The zero-order chi connectivity index (χ0) is 14.6. The Bertz CT molecular complexity index is 520. The molecule has 1 aromatic rings. The third-order valence-electron chi connectivity index (χ3n) is 2.93. The van der Waals surface area contributed by atoms with Crippen molar-refractivity contribution < 1.29 is 13.5 Å². The van der Waals surface area contributed by atoms with Gasteiger partial charge in [0.15, 0.2) is 0 Å². The molecule has 0 saturated carbocycles. The number of likely N-dealkylation sites (N-methyl/N-ethyl adjacent to an activating group) is 1. The highest BCUT2D eigenvalue weighted by Gasteiger charge is 2.26. The first kappa shape index (κ1) is 15.9. The van der Waals surface area contributed by atoms with E-state index in [1.165, 1.54) is 4.31 Å². The van der Waals surface area contributed by atoms with Crippen LogP contribution in [0.4, 0.5) is 5.69 Å². The molecule has 7 heteroatoms. The lowest BCUT2D eigenvalue weighted by atomic mass is 10.1. The molecule has 0 aromatic heterocycles. The molecule has 108 valence electrons. The van der Waals surface area contributed by atoms with Crippen molar-refractivity contribution in [2.45, 2.75) is 25.7 Å². The van der Waals surface area contributed by atoms with Crippen molar-refractivity contribution in [2.24, 2.45) is 5.84 Å². The normalized spacial score (nSPS) is 11.9. The third-order valence-corrected chi connectivity index (χ3v) is 5.21. The van der Waals surface area contributed by atoms with Crippen LogP contribution in [0.2, 0.25) is 0 Å². The van der Waals surface area contributed by atoms with Crippen LogP contribution in [0.25, 0.3) is 0 Å². The van der Waals surface area contributed by atoms with Gasteiger partial charge in [-0.3, -0.25) is 5.84 Å². The summed E-state index contributed by atoms with van der Waals surface area (Å²) in [6.45, 7) is 5.41. The average Bonchev–Trinajstić information content (AvgIpc) is 2.34. The number of nitrogens with zero attached hydrogens (tertiary/aromatic N) is 1. The van der Waals surface area contributed by atoms with E-state index in [2.05, 4.69) is 5.43 Å². The minimum atomic E-state index is -3.59. The number of nitrogen functional groups attached to an aromatic ring is 1. The van der Waals surface area contributed by atoms with E-state index in [4.69, 9.17) is 10.9 Å². The van der Waals surface area contributed by atoms with Crippen LogP contribution in [0.3, 0.4) is 0 Å². The summed E-state index contributed by atoms with van der Waals surface area (Å²) in [7, 11) is -3.59. The number of hydrogen-bond acceptors (Lipinski definition) is 5. The highest BCUT2D eigenvalue weighted by Crippen LogP contribution is 2.26. The van der Waals surface area contributed by atoms with Gasteiger partial charge in [-0.25, -0.2) is 8.42 Å². The second-order valence-corrected chi connectivity index (χ2v) is 6.18. The van der Waals surface area contributed by atoms with Gasteiger partial charge < -0.3 is 10.5 Å². The lowest BCUT2D eigenvalue weighted by molar-refractivity contribution is 0.257. The number of anilines is 1. The molecule has 0 aliphatic heterocycles. The van der Waals surface area contributed by atoms with Gasteiger partial charge in [-0.2, -0.15) is 4.31 Å². The molecule has 6 nitrogen and oxygen atoms in total. The Morgan fingerprint density at radius 2 is 1.84 bits per heavy atom. The quantitative estimate of drug-likeness (QED) is 0.526. The highest BCUT2D eigenvalue weighted by atomic mass is 32.2. The van der Waals surface area contributed by atoms with Crippen molar-refractivity contribution in [2.75, 3.05) is 25.1 Å². The van der Waals surface area contributed by atoms with Gasteiger partial charge in [-0.1, -0.05) is 6.92 Å². The molecule has 0 unspecified atom stereocenters. The van der Waals surface area contributed by atoms with Gasteiger partial charge in [0.05, 0.1) is 11.5 Å². The van der Waals surface area contributed by atoms with Gasteiger partial charge in [-0.15, -0.1) is 0 Å². The van der Waals surface area contributed by atoms with Gasteiger partial charge in [0.2, 0.25) is 10.0 Å². The van der Waals surface area contributed by atoms with Crippen LogP contribution < -0.4 is 11.3 Å². The molecule has 4 N–H and O–H groups in total. The molecule has 19 heavy (non-hydrogen) atoms. The van der Waals surface area contributed by atoms with Gasteiger partial charge in [0.25, 0.3) is 0 Å². The van der Waals surface area contributed by atoms with E-state index >= 15 is 0 Å². The first-order chi connectivity index (χ1) is 8.88. The molecule has 0 saturated heterocycles. The van der Waals surface area contributed by atoms with Crippen LogP contribution >= 0.6 is 0 Å². The number of hydrogen-bond donors (Lipinski definition) is 3. The SMILES string of the molecule is CCN(CCO)S(=O)(=O)c1c(C)cc(NN)cc1C. The molecule has 0 heterocycles. The molecular weight excluding hydrogens is 266 g/mol. The molecule has 0 spiro atoms. The van der Waals surface area contributed by atoms with Gasteiger partial charge in [-0.05, 0) is 37.1 Å². The minimum Gasteiger partial charge on any atom is -0.395 e. The van der Waals surface area contributed by atoms with Crippen molar-refractivity contribution >= 4 is 15.7 Å². The average molecular weight is 287 g/mol. The zero-order valence-electron chi connectivity index (χ0n) is 11.5. The Morgan fingerprint density at radius 3 is 2.21 bits per heavy atom. The van der Waals surface area contributed by atoms with E-state index in [0.717, 1.165) is 0 Å². The summed E-state index contributed by atoms with van der Waals surface area (Å²) in [5.74, 6) is 5.34. The van der Waals surface area contributed by atoms with Crippen LogP contribution in [0.15, 0.2) is 17.0 Å². The predicted octanol–water partition coefficient (Wildman–Crippen LogP) is 0.592. The fourth-order valence-corrected chi connectivity index (χ4v) is 3.98. The van der Waals surface area contributed by atoms with Crippen molar-refractivity contribution in [3.8, 4) is 0 Å². The molecular formula is C12H21N3O3S. The Morgan fingerprint density at radius 1 is 1.32 bits per heavy atom. The molecule has 0 aliphatic rings. The minimum absolute atomic E-state index is 0.0919. The van der Waals surface area contributed by atoms with Crippen LogP contribution in [-0.2, 0) is 10.0 Å². The number of hydrazine groups is 1. The maximum absolute atomic E-state index is 12.6. The Kier molecular flexibility index (Phi) is 5.30. The second kappa shape index (κ2) is 6.33. The standard InChI is InChI=1S/C12H21N3O3S/c1-4-15(5-6-16)19(17,18)12-9(2)7-11(14-13)8-10(12)3/h7-8,14,16H,4-6,13H2,1-3H3.